The van der Waals surface area contributed by atoms with Gasteiger partial charge < -0.3 is 33.5 Å². The van der Waals surface area contributed by atoms with Gasteiger partial charge in [0.1, 0.15) is 23.7 Å². The molecule has 2 aromatic rings. The third-order valence-corrected chi connectivity index (χ3v) is 7.17. The number of fused-ring (bicyclic) bond motifs is 1. The van der Waals surface area contributed by atoms with Crippen molar-refractivity contribution in [3.8, 4) is 11.5 Å². The van der Waals surface area contributed by atoms with Crippen molar-refractivity contribution in [2.75, 3.05) is 47.1 Å². The van der Waals surface area contributed by atoms with Crippen molar-refractivity contribution in [3.63, 3.8) is 0 Å². The summed E-state index contributed by atoms with van der Waals surface area (Å²) in [6.07, 6.45) is 2.59. The van der Waals surface area contributed by atoms with Crippen LogP contribution in [0.2, 0.25) is 0 Å². The van der Waals surface area contributed by atoms with Gasteiger partial charge >= 0.3 is 6.09 Å². The molecule has 0 spiro atoms. The molecule has 2 amide bonds. The van der Waals surface area contributed by atoms with Gasteiger partial charge in [-0.2, -0.15) is 0 Å². The van der Waals surface area contributed by atoms with Crippen LogP contribution in [-0.4, -0.2) is 91.5 Å². The molecule has 12 heteroatoms. The number of methoxy groups -OCH3 is 1. The predicted octanol–water partition coefficient (Wildman–Crippen LogP) is 5.49. The lowest BCUT2D eigenvalue weighted by atomic mass is 10.0. The van der Waals surface area contributed by atoms with Crippen LogP contribution in [0.5, 0.6) is 11.5 Å². The Morgan fingerprint density at radius 3 is 2.49 bits per heavy atom. The lowest BCUT2D eigenvalue weighted by molar-refractivity contribution is -0.384. The lowest BCUT2D eigenvalue weighted by Crippen LogP contribution is -2.48. The van der Waals surface area contributed by atoms with Crippen molar-refractivity contribution in [1.29, 1.82) is 0 Å². The fourth-order valence-corrected chi connectivity index (χ4v) is 4.66. The number of likely N-dealkylation sites (N-methyl/N-ethyl adjacent to an activating group) is 1. The number of carbonyl (C=O) groups is 2. The molecule has 2 aromatic carbocycles. The number of ether oxygens (including phenoxy) is 5. The standard InChI is InChI=1S/C33H45N3O9/c1-23-19-35(24(2)21-42-22-25-10-13-27(41-7)14-11-25)31(37)28-18-26(36(39)40)12-15-29(28)43-16-8-9-17-44-30(23)20-34(6)32(38)45-33(3,4)5/h8-15,18,23-24,30H,16-17,19-22H2,1-7H3/b9-8+/t23-,24+,30+/m1/s1. The van der Waals surface area contributed by atoms with Crippen LogP contribution in [0.15, 0.2) is 54.6 Å². The molecule has 45 heavy (non-hydrogen) atoms. The zero-order chi connectivity index (χ0) is 33.1. The number of benzene rings is 2. The van der Waals surface area contributed by atoms with E-state index in [2.05, 4.69) is 0 Å². The SMILES string of the molecule is COc1ccc(COC[C@H](C)N2C[C@@H](C)[C@H](CN(C)C(=O)OC(C)(C)C)OC/C=C/COc3ccc([N+](=O)[O-])cc3C2=O)cc1. The number of nitrogens with zero attached hydrogens (tertiary/aromatic N) is 3. The number of rotatable bonds is 9. The summed E-state index contributed by atoms with van der Waals surface area (Å²) in [4.78, 5) is 41.1. The molecule has 0 saturated heterocycles. The minimum absolute atomic E-state index is 0.0781. The number of non-ortho nitro benzene ring substituents is 1. The minimum Gasteiger partial charge on any atom is -0.497 e. The second-order valence-electron chi connectivity index (χ2n) is 12.1. The lowest BCUT2D eigenvalue weighted by Gasteiger charge is -2.36. The van der Waals surface area contributed by atoms with Crippen LogP contribution in [0, 0.1) is 16.0 Å². The van der Waals surface area contributed by atoms with Gasteiger partial charge in [0, 0.05) is 31.6 Å². The largest absolute Gasteiger partial charge is 0.497 e. The van der Waals surface area contributed by atoms with Crippen molar-refractivity contribution >= 4 is 17.7 Å². The number of hydrogen-bond donors (Lipinski definition) is 0. The van der Waals surface area contributed by atoms with Gasteiger partial charge in [-0.25, -0.2) is 4.79 Å². The van der Waals surface area contributed by atoms with Crippen LogP contribution < -0.4 is 9.47 Å². The molecule has 0 aliphatic carbocycles. The Morgan fingerprint density at radius 1 is 1.16 bits per heavy atom. The zero-order valence-corrected chi connectivity index (χ0v) is 27.2. The number of nitro benzene ring substituents is 1. The van der Waals surface area contributed by atoms with E-state index in [9.17, 15) is 19.7 Å². The summed E-state index contributed by atoms with van der Waals surface area (Å²) in [6, 6.07) is 11.1. The maximum atomic E-state index is 14.2. The summed E-state index contributed by atoms with van der Waals surface area (Å²) in [5.74, 6) is 0.269. The molecule has 0 N–H and O–H groups in total. The molecular formula is C33H45N3O9. The Hall–Kier alpha value is -4.16. The Balaban J connectivity index is 1.90. The Labute approximate surface area is 265 Å². The second-order valence-corrected chi connectivity index (χ2v) is 12.1. The first-order chi connectivity index (χ1) is 21.3. The second kappa shape index (κ2) is 16.2. The Kier molecular flexibility index (Phi) is 12.7. The smallest absolute Gasteiger partial charge is 0.410 e. The number of amides is 2. The maximum Gasteiger partial charge on any atom is 0.410 e. The fraction of sp³-hybridized carbons (Fsp3) is 0.515. The molecule has 246 valence electrons. The molecule has 0 bridgehead atoms. The normalized spacial score (nSPS) is 19.1. The van der Waals surface area contributed by atoms with E-state index >= 15 is 0 Å². The van der Waals surface area contributed by atoms with Crippen molar-refractivity contribution in [2.45, 2.75) is 59.0 Å². The highest BCUT2D eigenvalue weighted by molar-refractivity contribution is 5.98. The topological polar surface area (TPSA) is 130 Å². The van der Waals surface area contributed by atoms with Gasteiger partial charge in [-0.1, -0.05) is 25.1 Å². The third-order valence-electron chi connectivity index (χ3n) is 7.17. The average molecular weight is 628 g/mol. The van der Waals surface area contributed by atoms with Crippen LogP contribution in [-0.2, 0) is 20.8 Å². The van der Waals surface area contributed by atoms with Gasteiger partial charge in [0.15, 0.2) is 0 Å². The maximum absolute atomic E-state index is 14.2. The number of hydrogen-bond acceptors (Lipinski definition) is 9. The van der Waals surface area contributed by atoms with Crippen LogP contribution >= 0.6 is 0 Å². The molecule has 0 radical (unpaired) electrons. The van der Waals surface area contributed by atoms with Gasteiger partial charge in [0.25, 0.3) is 11.6 Å². The highest BCUT2D eigenvalue weighted by atomic mass is 16.6. The van der Waals surface area contributed by atoms with E-state index in [1.807, 2.05) is 38.1 Å². The number of nitro groups is 1. The molecule has 0 saturated carbocycles. The van der Waals surface area contributed by atoms with Gasteiger partial charge in [-0.05, 0) is 57.5 Å². The summed E-state index contributed by atoms with van der Waals surface area (Å²) < 4.78 is 28.8. The first-order valence-electron chi connectivity index (χ1n) is 14.9. The average Bonchev–Trinajstić information content (AvgIpc) is 3.00. The van der Waals surface area contributed by atoms with E-state index in [0.717, 1.165) is 11.3 Å². The molecule has 12 nitrogen and oxygen atoms in total. The van der Waals surface area contributed by atoms with Crippen molar-refractivity contribution < 1.29 is 38.2 Å². The van der Waals surface area contributed by atoms with E-state index in [1.165, 1.54) is 23.1 Å². The summed E-state index contributed by atoms with van der Waals surface area (Å²) in [6.45, 7) is 10.5. The van der Waals surface area contributed by atoms with Crippen molar-refractivity contribution in [1.82, 2.24) is 9.80 Å². The molecular weight excluding hydrogens is 582 g/mol. The van der Waals surface area contributed by atoms with Crippen LogP contribution in [0.25, 0.3) is 0 Å². The molecule has 3 atom stereocenters. The quantitative estimate of drug-likeness (QED) is 0.201. The molecule has 0 unspecified atom stereocenters. The summed E-state index contributed by atoms with van der Waals surface area (Å²) in [5.41, 5.74) is 0.135. The Bertz CT molecular complexity index is 1320. The monoisotopic (exact) mass is 627 g/mol. The molecule has 1 aliphatic heterocycles. The molecule has 3 rings (SSSR count). The first-order valence-corrected chi connectivity index (χ1v) is 14.9. The van der Waals surface area contributed by atoms with Crippen LogP contribution in [0.3, 0.4) is 0 Å². The van der Waals surface area contributed by atoms with Crippen molar-refractivity contribution in [2.24, 2.45) is 5.92 Å². The summed E-state index contributed by atoms with van der Waals surface area (Å²) in [5, 5.41) is 11.6. The van der Waals surface area contributed by atoms with Gasteiger partial charge in [0.2, 0.25) is 0 Å². The first kappa shape index (κ1) is 35.3. The fourth-order valence-electron chi connectivity index (χ4n) is 4.66. The molecule has 1 heterocycles. The summed E-state index contributed by atoms with van der Waals surface area (Å²) in [7, 11) is 3.24. The van der Waals surface area contributed by atoms with Gasteiger partial charge in [-0.15, -0.1) is 0 Å². The highest BCUT2D eigenvalue weighted by Gasteiger charge is 2.32. The van der Waals surface area contributed by atoms with E-state index in [1.54, 1.807) is 52.0 Å². The molecule has 0 aromatic heterocycles. The van der Waals surface area contributed by atoms with Gasteiger partial charge in [0.05, 0.1) is 56.1 Å². The van der Waals surface area contributed by atoms with E-state index in [4.69, 9.17) is 23.7 Å². The van der Waals surface area contributed by atoms with Gasteiger partial charge in [-0.3, -0.25) is 14.9 Å². The molecule has 0 fully saturated rings. The highest BCUT2D eigenvalue weighted by Crippen LogP contribution is 2.28. The third kappa shape index (κ3) is 10.8. The number of carbonyl (C=O) groups excluding carboxylic acids is 2. The van der Waals surface area contributed by atoms with E-state index in [0.29, 0.717) is 6.61 Å². The molecule has 1 aliphatic rings. The zero-order valence-electron chi connectivity index (χ0n) is 27.2. The van der Waals surface area contributed by atoms with E-state index in [-0.39, 0.29) is 55.8 Å². The van der Waals surface area contributed by atoms with E-state index < -0.39 is 34.7 Å². The van der Waals surface area contributed by atoms with Crippen LogP contribution in [0.1, 0.15) is 50.5 Å². The van der Waals surface area contributed by atoms with Crippen molar-refractivity contribution in [3.05, 3.63) is 75.9 Å². The van der Waals surface area contributed by atoms with Crippen LogP contribution in [0.4, 0.5) is 10.5 Å². The Morgan fingerprint density at radius 2 is 1.84 bits per heavy atom. The summed E-state index contributed by atoms with van der Waals surface area (Å²) >= 11 is 0. The predicted molar refractivity (Wildman–Crippen MR) is 169 cm³/mol. The minimum atomic E-state index is -0.661.